The van der Waals surface area contributed by atoms with Gasteiger partial charge in [0.2, 0.25) is 0 Å². The topological polar surface area (TPSA) is 128 Å². The van der Waals surface area contributed by atoms with Crippen LogP contribution in [0.3, 0.4) is 0 Å². The van der Waals surface area contributed by atoms with E-state index in [0.717, 1.165) is 0 Å². The van der Waals surface area contributed by atoms with Crippen LogP contribution in [0.2, 0.25) is 0 Å². The zero-order valence-electron chi connectivity index (χ0n) is 9.09. The van der Waals surface area contributed by atoms with Crippen LogP contribution in [0.15, 0.2) is 0 Å². The Hall–Kier alpha value is -1.14. The third-order valence-electron chi connectivity index (χ3n) is 0.605. The Balaban J connectivity index is -0.000000209. The van der Waals surface area contributed by atoms with Gasteiger partial charge < -0.3 is 26.4 Å². The molecule has 0 rings (SSSR count). The number of rotatable bonds is 1. The smallest absolute Gasteiger partial charge is 0.267 e. The van der Waals surface area contributed by atoms with E-state index in [9.17, 15) is 14.7 Å². The van der Waals surface area contributed by atoms with Crippen LogP contribution in [0.5, 0.6) is 0 Å². The lowest BCUT2D eigenvalue weighted by atomic mass is 10.4. The summed E-state index contributed by atoms with van der Waals surface area (Å²) < 4.78 is 0. The molecule has 0 unspecified atom stereocenters. The number of hydrogen-bond acceptors (Lipinski definition) is 3. The first-order valence-electron chi connectivity index (χ1n) is 4.12. The maximum Gasteiger partial charge on any atom is 0.267 e. The number of amides is 1. The highest BCUT2D eigenvalue weighted by Gasteiger charge is 2.01. The van der Waals surface area contributed by atoms with Gasteiger partial charge in [0, 0.05) is 6.04 Å². The molecule has 0 aliphatic heterocycles. The monoisotopic (exact) mass is 208 g/mol. The van der Waals surface area contributed by atoms with Gasteiger partial charge >= 0.3 is 0 Å². The number of carbonyl (C=O) groups is 2. The lowest BCUT2D eigenvalue weighted by molar-refractivity contribution is -0.407. The molecular formula is C8H20N2O4. The average molecular weight is 208 g/mol. The van der Waals surface area contributed by atoms with Crippen molar-refractivity contribution in [3.8, 4) is 0 Å². The van der Waals surface area contributed by atoms with Crippen molar-refractivity contribution in [3.05, 3.63) is 0 Å². The molecule has 6 N–H and O–H groups in total. The van der Waals surface area contributed by atoms with Crippen LogP contribution >= 0.6 is 0 Å². The fourth-order valence-electron chi connectivity index (χ4n) is 0.321. The second-order valence-corrected chi connectivity index (χ2v) is 3.31. The summed E-state index contributed by atoms with van der Waals surface area (Å²) in [6, 6.07) is 0.426. The molecule has 0 aliphatic rings. The second kappa shape index (κ2) is 9.94. The van der Waals surface area contributed by atoms with Crippen LogP contribution < -0.4 is 16.2 Å². The minimum absolute atomic E-state index is 0. The molecule has 0 spiro atoms. The molecule has 86 valence electrons. The predicted octanol–water partition coefficient (Wildman–Crippen LogP) is -2.93. The summed E-state index contributed by atoms with van der Waals surface area (Å²) in [6.45, 7) is 7.45. The van der Waals surface area contributed by atoms with Crippen LogP contribution in [-0.2, 0) is 9.59 Å². The van der Waals surface area contributed by atoms with E-state index in [-0.39, 0.29) is 11.5 Å². The molecule has 0 radical (unpaired) electrons. The maximum absolute atomic E-state index is 10.2. The Morgan fingerprint density at radius 2 is 1.50 bits per heavy atom. The Kier molecular flexibility index (Phi) is 13.2. The van der Waals surface area contributed by atoms with Crippen molar-refractivity contribution in [2.75, 3.05) is 0 Å². The van der Waals surface area contributed by atoms with E-state index < -0.39 is 11.9 Å². The average Bonchev–Trinajstić information content (AvgIpc) is 1.83. The van der Waals surface area contributed by atoms with Gasteiger partial charge in [-0.25, -0.2) is 0 Å². The summed E-state index contributed by atoms with van der Waals surface area (Å²) in [6.07, 6.45) is 0. The van der Waals surface area contributed by atoms with Gasteiger partial charge in [0.05, 0.1) is 6.04 Å². The van der Waals surface area contributed by atoms with Gasteiger partial charge in [-0.2, -0.15) is 0 Å². The molecule has 0 atom stereocenters. The lowest BCUT2D eigenvalue weighted by Gasteiger charge is -2.07. The minimum atomic E-state index is -1.69. The Bertz CT molecular complexity index is 166. The van der Waals surface area contributed by atoms with Crippen LogP contribution in [0.25, 0.3) is 0 Å². The van der Waals surface area contributed by atoms with Crippen molar-refractivity contribution in [1.29, 1.82) is 0 Å². The van der Waals surface area contributed by atoms with Crippen molar-refractivity contribution >= 4 is 11.9 Å². The summed E-state index contributed by atoms with van der Waals surface area (Å²) in [4.78, 5) is 19.9. The summed E-state index contributed by atoms with van der Waals surface area (Å²) in [7, 11) is 0. The summed E-state index contributed by atoms with van der Waals surface area (Å²) >= 11 is 0. The molecule has 0 bridgehead atoms. The molecule has 0 saturated heterocycles. The van der Waals surface area contributed by atoms with Crippen molar-refractivity contribution in [2.24, 2.45) is 0 Å². The number of carboxylic acids is 1. The molecule has 0 heterocycles. The number of aliphatic carboxylic acids is 1. The number of carboxylic acid groups (broad SMARTS) is 1. The van der Waals surface area contributed by atoms with Crippen LogP contribution in [-0.4, -0.2) is 29.4 Å². The molecule has 0 aromatic carbocycles. The van der Waals surface area contributed by atoms with Gasteiger partial charge in [0.25, 0.3) is 5.91 Å². The SMILES string of the molecule is CC(C)NC(=O)C(=O)[O-].CC(C)[NH3+].O. The van der Waals surface area contributed by atoms with E-state index in [0.29, 0.717) is 6.04 Å². The first-order chi connectivity index (χ1) is 5.77. The van der Waals surface area contributed by atoms with Gasteiger partial charge in [-0.15, -0.1) is 0 Å². The molecule has 0 aromatic rings. The second-order valence-electron chi connectivity index (χ2n) is 3.31. The molecule has 14 heavy (non-hydrogen) atoms. The third-order valence-corrected chi connectivity index (χ3v) is 0.605. The normalized spacial score (nSPS) is 8.50. The first-order valence-corrected chi connectivity index (χ1v) is 4.12. The van der Waals surface area contributed by atoms with E-state index in [1.54, 1.807) is 13.8 Å². The molecule has 0 saturated carbocycles. The van der Waals surface area contributed by atoms with Gasteiger partial charge in [-0.05, 0) is 27.7 Å². The van der Waals surface area contributed by atoms with E-state index >= 15 is 0 Å². The van der Waals surface area contributed by atoms with E-state index in [4.69, 9.17) is 0 Å². The quantitative estimate of drug-likeness (QED) is 0.447. The molecule has 6 nitrogen and oxygen atoms in total. The summed E-state index contributed by atoms with van der Waals surface area (Å²) in [5, 5.41) is 11.9. The van der Waals surface area contributed by atoms with E-state index in [1.165, 1.54) is 0 Å². The predicted molar refractivity (Wildman–Crippen MR) is 49.9 cm³/mol. The third kappa shape index (κ3) is 22.4. The fourth-order valence-corrected chi connectivity index (χ4v) is 0.321. The Morgan fingerprint density at radius 1 is 1.21 bits per heavy atom. The molecule has 6 heteroatoms. The van der Waals surface area contributed by atoms with Gasteiger partial charge in [-0.1, -0.05) is 0 Å². The first kappa shape index (κ1) is 18.6. The van der Waals surface area contributed by atoms with E-state index in [1.807, 2.05) is 0 Å². The summed E-state index contributed by atoms with van der Waals surface area (Å²) in [5.41, 5.74) is 3.64. The van der Waals surface area contributed by atoms with Gasteiger partial charge in [0.15, 0.2) is 0 Å². The number of nitrogens with one attached hydrogen (secondary N) is 1. The van der Waals surface area contributed by atoms with Crippen molar-refractivity contribution in [1.82, 2.24) is 5.32 Å². The zero-order chi connectivity index (χ0) is 11.0. The largest absolute Gasteiger partial charge is 0.540 e. The lowest BCUT2D eigenvalue weighted by Crippen LogP contribution is -2.57. The van der Waals surface area contributed by atoms with Crippen molar-refractivity contribution in [2.45, 2.75) is 39.8 Å². The number of hydrogen-bond donors (Lipinski definition) is 2. The molecular weight excluding hydrogens is 188 g/mol. The highest BCUT2D eigenvalue weighted by molar-refractivity contribution is 6.30. The van der Waals surface area contributed by atoms with Crippen LogP contribution in [0, 0.1) is 0 Å². The molecule has 0 aliphatic carbocycles. The Labute approximate surface area is 83.8 Å². The maximum atomic E-state index is 10.2. The number of carbonyl (C=O) groups excluding carboxylic acids is 2. The molecule has 1 amide bonds. The number of quaternary nitrogens is 1. The Morgan fingerprint density at radius 3 is 1.57 bits per heavy atom. The van der Waals surface area contributed by atoms with Crippen molar-refractivity contribution in [3.63, 3.8) is 0 Å². The molecule has 0 aromatic heterocycles. The highest BCUT2D eigenvalue weighted by atomic mass is 16.4. The van der Waals surface area contributed by atoms with Crippen LogP contribution in [0.1, 0.15) is 27.7 Å². The zero-order valence-corrected chi connectivity index (χ0v) is 9.09. The van der Waals surface area contributed by atoms with Crippen molar-refractivity contribution < 1.29 is 25.9 Å². The van der Waals surface area contributed by atoms with Gasteiger partial charge in [0.1, 0.15) is 5.97 Å². The minimum Gasteiger partial charge on any atom is -0.540 e. The summed E-state index contributed by atoms with van der Waals surface area (Å²) in [5.74, 6) is -2.76. The van der Waals surface area contributed by atoms with Crippen LogP contribution in [0.4, 0.5) is 0 Å². The van der Waals surface area contributed by atoms with E-state index in [2.05, 4.69) is 24.9 Å². The van der Waals surface area contributed by atoms with Gasteiger partial charge in [-0.3, -0.25) is 4.79 Å². The highest BCUT2D eigenvalue weighted by Crippen LogP contribution is 1.74. The molecule has 0 fully saturated rings. The fraction of sp³-hybridized carbons (Fsp3) is 0.750. The standard InChI is InChI=1S/C5H9NO3.C3H9N.H2O/c1-3(2)6-4(7)5(8)9;1-3(2)4;/h3H,1-2H3,(H,6,7)(H,8,9);3H,4H2,1-2H3;1H2.